The Balaban J connectivity index is 1.20. The standard InChI is InChI=1S/C36H38F3N5O6S/c1-49-35(46)44-33(32(25-12-4-2-5-13-25)26-14-6-3-7-15-26)34(45)42-29-16-9-8-11-24(29)19-20-28-22-40-27(23-50-28)21-41-51(47,48)31-18-10-17-30(43-31)36(37,38)39/h2-18,27-28,32-33,40-41H,19-23H2,1H3,(H,42,45)(H,44,46)/t27-,28-,33+/m1/s1. The Morgan fingerprint density at radius 2 is 1.59 bits per heavy atom. The van der Waals surface area contributed by atoms with Gasteiger partial charge in [-0.25, -0.2) is 22.9 Å². The third-order valence-corrected chi connectivity index (χ3v) is 9.70. The molecule has 0 bridgehead atoms. The van der Waals surface area contributed by atoms with E-state index in [2.05, 4.69) is 25.7 Å². The number of hydrogen-bond acceptors (Lipinski definition) is 8. The van der Waals surface area contributed by atoms with Gasteiger partial charge in [-0.1, -0.05) is 84.9 Å². The number of carbonyl (C=O) groups excluding carboxylic acids is 2. The molecule has 15 heteroatoms. The third kappa shape index (κ3) is 10.1. The Labute approximate surface area is 294 Å². The van der Waals surface area contributed by atoms with E-state index in [9.17, 15) is 31.2 Å². The zero-order valence-electron chi connectivity index (χ0n) is 27.6. The molecule has 2 amide bonds. The van der Waals surface area contributed by atoms with Gasteiger partial charge in [-0.05, 0) is 47.7 Å². The number of aromatic nitrogens is 1. The number of ether oxygens (including phenoxy) is 2. The quantitative estimate of drug-likeness (QED) is 0.153. The summed E-state index contributed by atoms with van der Waals surface area (Å²) in [7, 11) is -3.05. The van der Waals surface area contributed by atoms with Gasteiger partial charge in [0.05, 0.1) is 19.8 Å². The molecule has 1 aromatic heterocycles. The van der Waals surface area contributed by atoms with Crippen LogP contribution in [0.5, 0.6) is 0 Å². The Hall–Kier alpha value is -4.83. The fraction of sp³-hybridized carbons (Fsp3) is 0.306. The minimum absolute atomic E-state index is 0.115. The van der Waals surface area contributed by atoms with Crippen LogP contribution in [0.1, 0.15) is 34.7 Å². The van der Waals surface area contributed by atoms with Gasteiger partial charge in [-0.2, -0.15) is 13.2 Å². The predicted octanol–water partition coefficient (Wildman–Crippen LogP) is 4.86. The van der Waals surface area contributed by atoms with Crippen molar-refractivity contribution < 1.29 is 40.7 Å². The molecule has 0 spiro atoms. The van der Waals surface area contributed by atoms with Crippen LogP contribution in [0.4, 0.5) is 23.7 Å². The maximum atomic E-state index is 14.0. The number of sulfonamides is 1. The zero-order valence-corrected chi connectivity index (χ0v) is 28.4. The summed E-state index contributed by atoms with van der Waals surface area (Å²) in [4.78, 5) is 29.8. The van der Waals surface area contributed by atoms with Gasteiger partial charge in [0, 0.05) is 30.7 Å². The predicted molar refractivity (Wildman–Crippen MR) is 183 cm³/mol. The Bertz CT molecular complexity index is 1840. The van der Waals surface area contributed by atoms with E-state index in [0.29, 0.717) is 31.1 Å². The number of alkyl carbamates (subject to hydrolysis) is 1. The number of aryl methyl sites for hydroxylation is 1. The molecule has 1 aliphatic heterocycles. The highest BCUT2D eigenvalue weighted by Crippen LogP contribution is 2.30. The number of pyridine rings is 1. The van der Waals surface area contributed by atoms with Crippen molar-refractivity contribution in [2.75, 3.05) is 32.1 Å². The van der Waals surface area contributed by atoms with Gasteiger partial charge >= 0.3 is 12.3 Å². The molecule has 0 radical (unpaired) electrons. The number of anilines is 1. The SMILES string of the molecule is COC(=O)N[C@H](C(=O)Nc1ccccc1CC[C@@H]1CN[C@H](CNS(=O)(=O)c2cccc(C(F)(F)F)n2)CO1)C(c1ccccc1)c1ccccc1. The van der Waals surface area contributed by atoms with Crippen molar-refractivity contribution in [2.24, 2.45) is 0 Å². The van der Waals surface area contributed by atoms with E-state index in [0.717, 1.165) is 28.8 Å². The Morgan fingerprint density at radius 1 is 0.941 bits per heavy atom. The van der Waals surface area contributed by atoms with E-state index in [4.69, 9.17) is 9.47 Å². The summed E-state index contributed by atoms with van der Waals surface area (Å²) >= 11 is 0. The van der Waals surface area contributed by atoms with Crippen molar-refractivity contribution in [3.8, 4) is 0 Å². The van der Waals surface area contributed by atoms with Crippen LogP contribution >= 0.6 is 0 Å². The van der Waals surface area contributed by atoms with Crippen molar-refractivity contribution in [1.29, 1.82) is 0 Å². The Kier molecular flexibility index (Phi) is 12.4. The fourth-order valence-corrected chi connectivity index (χ4v) is 6.81. The highest BCUT2D eigenvalue weighted by atomic mass is 32.2. The lowest BCUT2D eigenvalue weighted by Gasteiger charge is -2.31. The molecule has 1 fully saturated rings. The van der Waals surface area contributed by atoms with Crippen LogP contribution in [-0.4, -0.2) is 70.4 Å². The van der Waals surface area contributed by atoms with E-state index < -0.39 is 56.9 Å². The second kappa shape index (κ2) is 16.9. The van der Waals surface area contributed by atoms with Crippen LogP contribution < -0.4 is 20.7 Å². The number of alkyl halides is 3. The van der Waals surface area contributed by atoms with E-state index in [1.165, 1.54) is 7.11 Å². The number of methoxy groups -OCH3 is 1. The molecular formula is C36H38F3N5O6S. The summed E-state index contributed by atoms with van der Waals surface area (Å²) in [6.45, 7) is 0.433. The molecule has 1 saturated heterocycles. The van der Waals surface area contributed by atoms with Crippen molar-refractivity contribution in [1.82, 2.24) is 20.3 Å². The van der Waals surface area contributed by atoms with Gasteiger partial charge < -0.3 is 25.4 Å². The smallest absolute Gasteiger partial charge is 0.433 e. The maximum Gasteiger partial charge on any atom is 0.433 e. The number of amides is 2. The van der Waals surface area contributed by atoms with Gasteiger partial charge in [0.25, 0.3) is 10.0 Å². The number of para-hydroxylation sites is 1. The second-order valence-corrected chi connectivity index (χ2v) is 13.6. The lowest BCUT2D eigenvalue weighted by Crippen LogP contribution is -2.51. The van der Waals surface area contributed by atoms with Crippen molar-refractivity contribution in [3.05, 3.63) is 126 Å². The monoisotopic (exact) mass is 725 g/mol. The van der Waals surface area contributed by atoms with Crippen LogP contribution in [0.2, 0.25) is 0 Å². The number of halogens is 3. The van der Waals surface area contributed by atoms with Crippen molar-refractivity contribution in [2.45, 2.75) is 48.1 Å². The number of benzene rings is 3. The molecule has 1 aliphatic rings. The lowest BCUT2D eigenvalue weighted by molar-refractivity contribution is -0.141. The van der Waals surface area contributed by atoms with Gasteiger partial charge in [-0.3, -0.25) is 4.79 Å². The first-order chi connectivity index (χ1) is 24.4. The first kappa shape index (κ1) is 37.4. The van der Waals surface area contributed by atoms with Crippen molar-refractivity contribution in [3.63, 3.8) is 0 Å². The van der Waals surface area contributed by atoms with Gasteiger partial charge in [0.1, 0.15) is 11.7 Å². The molecule has 4 aromatic rings. The van der Waals surface area contributed by atoms with E-state index in [-0.39, 0.29) is 19.3 Å². The van der Waals surface area contributed by atoms with Crippen LogP contribution in [0.25, 0.3) is 0 Å². The largest absolute Gasteiger partial charge is 0.453 e. The molecule has 11 nitrogen and oxygen atoms in total. The average Bonchev–Trinajstić information content (AvgIpc) is 3.14. The number of nitrogens with zero attached hydrogens (tertiary/aromatic N) is 1. The minimum atomic E-state index is -4.77. The summed E-state index contributed by atoms with van der Waals surface area (Å²) in [5, 5.41) is 8.25. The zero-order chi connectivity index (χ0) is 36.4. The van der Waals surface area contributed by atoms with Gasteiger partial charge in [0.2, 0.25) is 5.91 Å². The van der Waals surface area contributed by atoms with Gasteiger partial charge in [-0.15, -0.1) is 0 Å². The van der Waals surface area contributed by atoms with Crippen LogP contribution in [0.15, 0.2) is 108 Å². The number of nitrogens with one attached hydrogen (secondary N) is 4. The first-order valence-electron chi connectivity index (χ1n) is 16.2. The molecular weight excluding hydrogens is 687 g/mol. The van der Waals surface area contributed by atoms with E-state index in [1.807, 2.05) is 72.8 Å². The van der Waals surface area contributed by atoms with Crippen LogP contribution in [0, 0.1) is 0 Å². The summed E-state index contributed by atoms with van der Waals surface area (Å²) in [6.07, 6.45) is -4.67. The summed E-state index contributed by atoms with van der Waals surface area (Å²) < 4.78 is 77.4. The lowest BCUT2D eigenvalue weighted by atomic mass is 9.84. The Morgan fingerprint density at radius 3 is 2.20 bits per heavy atom. The minimum Gasteiger partial charge on any atom is -0.453 e. The number of hydrogen-bond donors (Lipinski definition) is 4. The van der Waals surface area contributed by atoms with Crippen LogP contribution in [-0.2, 0) is 36.9 Å². The third-order valence-electron chi connectivity index (χ3n) is 8.38. The maximum absolute atomic E-state index is 14.0. The fourth-order valence-electron chi connectivity index (χ4n) is 5.76. The first-order valence-corrected chi connectivity index (χ1v) is 17.6. The van der Waals surface area contributed by atoms with Crippen molar-refractivity contribution >= 4 is 27.7 Å². The topological polar surface area (TPSA) is 148 Å². The molecule has 4 N–H and O–H groups in total. The number of morpholine rings is 1. The average molecular weight is 726 g/mol. The molecule has 0 aliphatic carbocycles. The van der Waals surface area contributed by atoms with E-state index >= 15 is 0 Å². The normalized spacial score (nSPS) is 17.0. The number of rotatable bonds is 13. The number of carbonyl (C=O) groups is 2. The summed E-state index contributed by atoms with van der Waals surface area (Å²) in [6, 6.07) is 27.4. The highest BCUT2D eigenvalue weighted by molar-refractivity contribution is 7.89. The molecule has 51 heavy (non-hydrogen) atoms. The molecule has 0 saturated carbocycles. The molecule has 3 atom stereocenters. The van der Waals surface area contributed by atoms with E-state index in [1.54, 1.807) is 12.1 Å². The molecule has 3 aromatic carbocycles. The summed E-state index contributed by atoms with van der Waals surface area (Å²) in [5.74, 6) is -0.967. The summed E-state index contributed by atoms with van der Waals surface area (Å²) in [5.41, 5.74) is 1.77. The molecule has 0 unspecified atom stereocenters. The van der Waals surface area contributed by atoms with Crippen LogP contribution in [0.3, 0.4) is 0 Å². The molecule has 270 valence electrons. The van der Waals surface area contributed by atoms with Gasteiger partial charge in [0.15, 0.2) is 5.03 Å². The molecule has 2 heterocycles. The highest BCUT2D eigenvalue weighted by Gasteiger charge is 2.35. The second-order valence-electron chi connectivity index (χ2n) is 11.9. The molecule has 5 rings (SSSR count).